The molecule has 1 aromatic heterocycles. The molecule has 0 saturated carbocycles. The molecule has 0 aliphatic carbocycles. The highest BCUT2D eigenvalue weighted by molar-refractivity contribution is 5.68. The van der Waals surface area contributed by atoms with Crippen molar-refractivity contribution in [3.8, 4) is 5.75 Å². The number of anilines is 3. The third kappa shape index (κ3) is 3.11. The van der Waals surface area contributed by atoms with Gasteiger partial charge in [0.05, 0.1) is 13.7 Å². The number of methoxy groups -OCH3 is 2. The summed E-state index contributed by atoms with van der Waals surface area (Å²) in [5.41, 5.74) is 7.67. The van der Waals surface area contributed by atoms with Crippen LogP contribution in [0.15, 0.2) is 30.6 Å². The molecule has 0 spiro atoms. The topological polar surface area (TPSA) is 82.3 Å². The lowest BCUT2D eigenvalue weighted by Gasteiger charge is -2.11. The Morgan fingerprint density at radius 1 is 1.26 bits per heavy atom. The van der Waals surface area contributed by atoms with Gasteiger partial charge in [-0.25, -0.2) is 9.97 Å². The van der Waals surface area contributed by atoms with Crippen LogP contribution in [0.4, 0.5) is 17.3 Å². The molecule has 2 aromatic rings. The molecule has 6 heteroatoms. The summed E-state index contributed by atoms with van der Waals surface area (Å²) in [5.74, 6) is 1.26. The van der Waals surface area contributed by atoms with Crippen molar-refractivity contribution in [3.05, 3.63) is 36.2 Å². The van der Waals surface area contributed by atoms with Gasteiger partial charge in [0, 0.05) is 12.8 Å². The first kappa shape index (κ1) is 13.1. The van der Waals surface area contributed by atoms with Crippen molar-refractivity contribution in [1.82, 2.24) is 9.97 Å². The molecule has 1 aromatic carbocycles. The molecular formula is C13H16N4O2. The molecule has 0 radical (unpaired) electrons. The van der Waals surface area contributed by atoms with Crippen molar-refractivity contribution in [3.63, 3.8) is 0 Å². The zero-order chi connectivity index (χ0) is 13.7. The zero-order valence-electron chi connectivity index (χ0n) is 10.9. The summed E-state index contributed by atoms with van der Waals surface area (Å²) < 4.78 is 10.3. The second kappa shape index (κ2) is 6.01. The van der Waals surface area contributed by atoms with Gasteiger partial charge in [0.2, 0.25) is 5.75 Å². The molecule has 6 nitrogen and oxygen atoms in total. The second-order valence-electron chi connectivity index (χ2n) is 3.90. The van der Waals surface area contributed by atoms with Gasteiger partial charge in [0.1, 0.15) is 6.33 Å². The Morgan fingerprint density at radius 2 is 2.11 bits per heavy atom. The third-order valence-electron chi connectivity index (χ3n) is 2.54. The highest BCUT2D eigenvalue weighted by Crippen LogP contribution is 2.29. The molecule has 19 heavy (non-hydrogen) atoms. The van der Waals surface area contributed by atoms with Crippen molar-refractivity contribution >= 4 is 17.3 Å². The molecule has 3 N–H and O–H groups in total. The minimum atomic E-state index is 0.299. The molecule has 0 saturated heterocycles. The van der Waals surface area contributed by atoms with Crippen LogP contribution >= 0.6 is 0 Å². The molecule has 0 amide bonds. The van der Waals surface area contributed by atoms with E-state index in [1.807, 2.05) is 24.3 Å². The minimum absolute atomic E-state index is 0.299. The van der Waals surface area contributed by atoms with Crippen molar-refractivity contribution in [2.45, 2.75) is 6.61 Å². The maximum atomic E-state index is 5.73. The van der Waals surface area contributed by atoms with Crippen LogP contribution in [0.2, 0.25) is 0 Å². The molecule has 1 heterocycles. The maximum absolute atomic E-state index is 5.73. The van der Waals surface area contributed by atoms with Gasteiger partial charge in [-0.3, -0.25) is 0 Å². The van der Waals surface area contributed by atoms with Crippen LogP contribution in [0.1, 0.15) is 5.56 Å². The molecule has 0 bridgehead atoms. The van der Waals surface area contributed by atoms with E-state index in [1.165, 1.54) is 13.4 Å². The van der Waals surface area contributed by atoms with Crippen LogP contribution in [0.25, 0.3) is 0 Å². The average molecular weight is 260 g/mol. The number of nitrogen functional groups attached to an aromatic ring is 1. The predicted molar refractivity (Wildman–Crippen MR) is 73.4 cm³/mol. The maximum Gasteiger partial charge on any atom is 0.204 e. The van der Waals surface area contributed by atoms with E-state index in [-0.39, 0.29) is 0 Å². The van der Waals surface area contributed by atoms with Crippen LogP contribution < -0.4 is 15.8 Å². The Kier molecular flexibility index (Phi) is 4.15. The SMILES string of the molecule is COCc1cccc(Nc2ncnc(N)c2OC)c1. The lowest BCUT2D eigenvalue weighted by Crippen LogP contribution is -2.03. The second-order valence-corrected chi connectivity index (χ2v) is 3.90. The van der Waals surface area contributed by atoms with Crippen LogP contribution in [0.5, 0.6) is 5.75 Å². The fourth-order valence-corrected chi connectivity index (χ4v) is 1.72. The summed E-state index contributed by atoms with van der Waals surface area (Å²) >= 11 is 0. The fourth-order valence-electron chi connectivity index (χ4n) is 1.72. The first-order valence-corrected chi connectivity index (χ1v) is 5.74. The van der Waals surface area contributed by atoms with Crippen molar-refractivity contribution in [2.75, 3.05) is 25.3 Å². The van der Waals surface area contributed by atoms with E-state index in [0.29, 0.717) is 24.0 Å². The summed E-state index contributed by atoms with van der Waals surface area (Å²) in [7, 11) is 3.19. The molecule has 100 valence electrons. The minimum Gasteiger partial charge on any atom is -0.490 e. The number of hydrogen-bond acceptors (Lipinski definition) is 6. The summed E-state index contributed by atoms with van der Waals surface area (Å²) in [4.78, 5) is 8.00. The number of rotatable bonds is 5. The Balaban J connectivity index is 2.26. The third-order valence-corrected chi connectivity index (χ3v) is 2.54. The van der Waals surface area contributed by atoms with Crippen molar-refractivity contribution in [2.24, 2.45) is 0 Å². The van der Waals surface area contributed by atoms with E-state index < -0.39 is 0 Å². The number of nitrogens with zero attached hydrogens (tertiary/aromatic N) is 2. The van der Waals surface area contributed by atoms with Crippen LogP contribution in [0.3, 0.4) is 0 Å². The van der Waals surface area contributed by atoms with Gasteiger partial charge in [-0.2, -0.15) is 0 Å². The number of nitrogens with two attached hydrogens (primary N) is 1. The van der Waals surface area contributed by atoms with Gasteiger partial charge in [0.15, 0.2) is 11.6 Å². The smallest absolute Gasteiger partial charge is 0.204 e. The lowest BCUT2D eigenvalue weighted by molar-refractivity contribution is 0.185. The molecule has 0 unspecified atom stereocenters. The first-order chi connectivity index (χ1) is 9.24. The Bertz CT molecular complexity index is 560. The molecule has 0 aliphatic rings. The van der Waals surface area contributed by atoms with E-state index in [2.05, 4.69) is 15.3 Å². The highest BCUT2D eigenvalue weighted by Gasteiger charge is 2.09. The standard InChI is InChI=1S/C13H16N4O2/c1-18-7-9-4-3-5-10(6-9)17-13-11(19-2)12(14)15-8-16-13/h3-6,8H,7H2,1-2H3,(H3,14,15,16,17). The van der Waals surface area contributed by atoms with Gasteiger partial charge in [-0.05, 0) is 17.7 Å². The summed E-state index contributed by atoms with van der Waals surface area (Å²) in [6, 6.07) is 7.83. The summed E-state index contributed by atoms with van der Waals surface area (Å²) in [6.45, 7) is 0.554. The first-order valence-electron chi connectivity index (χ1n) is 5.74. The van der Waals surface area contributed by atoms with Crippen LogP contribution in [-0.4, -0.2) is 24.2 Å². The van der Waals surface area contributed by atoms with Gasteiger partial charge in [-0.15, -0.1) is 0 Å². The van der Waals surface area contributed by atoms with Crippen LogP contribution in [-0.2, 0) is 11.3 Å². The molecule has 0 atom stereocenters. The van der Waals surface area contributed by atoms with Crippen molar-refractivity contribution < 1.29 is 9.47 Å². The molecule has 0 aliphatic heterocycles. The fraction of sp³-hybridized carbons (Fsp3) is 0.231. The Morgan fingerprint density at radius 3 is 2.84 bits per heavy atom. The van der Waals surface area contributed by atoms with E-state index in [9.17, 15) is 0 Å². The average Bonchev–Trinajstić information content (AvgIpc) is 2.40. The van der Waals surface area contributed by atoms with Crippen LogP contribution in [0, 0.1) is 0 Å². The van der Waals surface area contributed by atoms with E-state index in [0.717, 1.165) is 11.3 Å². The largest absolute Gasteiger partial charge is 0.490 e. The predicted octanol–water partition coefficient (Wildman–Crippen LogP) is 1.96. The van der Waals surface area contributed by atoms with Gasteiger partial charge < -0.3 is 20.5 Å². The normalized spacial score (nSPS) is 10.2. The number of aromatic nitrogens is 2. The molecular weight excluding hydrogens is 244 g/mol. The van der Waals surface area contributed by atoms with Gasteiger partial charge >= 0.3 is 0 Å². The lowest BCUT2D eigenvalue weighted by atomic mass is 10.2. The zero-order valence-corrected chi connectivity index (χ0v) is 10.9. The van der Waals surface area contributed by atoms with Gasteiger partial charge in [0.25, 0.3) is 0 Å². The monoisotopic (exact) mass is 260 g/mol. The van der Waals surface area contributed by atoms with E-state index in [1.54, 1.807) is 7.11 Å². The number of benzene rings is 1. The number of nitrogens with one attached hydrogen (secondary N) is 1. The summed E-state index contributed by atoms with van der Waals surface area (Å²) in [6.07, 6.45) is 1.39. The number of hydrogen-bond donors (Lipinski definition) is 2. The van der Waals surface area contributed by atoms with Crippen molar-refractivity contribution in [1.29, 1.82) is 0 Å². The molecule has 2 rings (SSSR count). The Hall–Kier alpha value is -2.34. The van der Waals surface area contributed by atoms with E-state index in [4.69, 9.17) is 15.2 Å². The Labute approximate surface area is 111 Å². The highest BCUT2D eigenvalue weighted by atomic mass is 16.5. The number of ether oxygens (including phenoxy) is 2. The van der Waals surface area contributed by atoms with E-state index >= 15 is 0 Å². The van der Waals surface area contributed by atoms with Gasteiger partial charge in [-0.1, -0.05) is 12.1 Å². The molecule has 0 fully saturated rings. The quantitative estimate of drug-likeness (QED) is 0.855. The summed E-state index contributed by atoms with van der Waals surface area (Å²) in [5, 5.41) is 3.15.